The number of likely N-dealkylation sites (tertiary alicyclic amines) is 1. The van der Waals surface area contributed by atoms with Crippen LogP contribution in [0, 0.1) is 11.8 Å². The second kappa shape index (κ2) is 8.19. The van der Waals surface area contributed by atoms with E-state index >= 15 is 0 Å². The molecule has 2 saturated carbocycles. The van der Waals surface area contributed by atoms with Gasteiger partial charge in [-0.05, 0) is 63.5 Å². The van der Waals surface area contributed by atoms with E-state index in [1.165, 1.54) is 38.8 Å². The highest BCUT2D eigenvalue weighted by molar-refractivity contribution is 5.63. The number of nitrogens with two attached hydrogens (primary N) is 1. The first-order chi connectivity index (χ1) is 14.6. The van der Waals surface area contributed by atoms with Gasteiger partial charge in [0.1, 0.15) is 0 Å². The van der Waals surface area contributed by atoms with Gasteiger partial charge in [0, 0.05) is 31.0 Å². The Hall–Kier alpha value is -2.12. The third kappa shape index (κ3) is 4.18. The lowest BCUT2D eigenvalue weighted by Crippen LogP contribution is -2.48. The van der Waals surface area contributed by atoms with Gasteiger partial charge in [-0.1, -0.05) is 0 Å². The third-order valence-corrected chi connectivity index (χ3v) is 6.74. The molecule has 0 radical (unpaired) electrons. The monoisotopic (exact) mass is 411 g/mol. The maximum absolute atomic E-state index is 5.84. The molecule has 2 atom stereocenters. The Kier molecular flexibility index (Phi) is 5.41. The molecule has 7 heteroatoms. The number of nitrogen functional groups attached to an aromatic ring is 1. The van der Waals surface area contributed by atoms with Crippen molar-refractivity contribution < 1.29 is 9.47 Å². The third-order valence-electron chi connectivity index (χ3n) is 6.74. The Morgan fingerprint density at radius 3 is 2.53 bits per heavy atom. The first-order valence-electron chi connectivity index (χ1n) is 11.4. The van der Waals surface area contributed by atoms with Crippen molar-refractivity contribution in [2.75, 3.05) is 32.0 Å². The highest BCUT2D eigenvalue weighted by Crippen LogP contribution is 2.45. The molecule has 0 bridgehead atoms. The summed E-state index contributed by atoms with van der Waals surface area (Å²) in [4.78, 5) is 6.81. The van der Waals surface area contributed by atoms with E-state index in [4.69, 9.17) is 15.2 Å². The molecule has 0 spiro atoms. The van der Waals surface area contributed by atoms with Crippen molar-refractivity contribution in [3.63, 3.8) is 0 Å². The highest BCUT2D eigenvalue weighted by atomic mass is 16.5. The van der Waals surface area contributed by atoms with E-state index in [0.717, 1.165) is 42.3 Å². The molecule has 0 aromatic carbocycles. The van der Waals surface area contributed by atoms with Crippen LogP contribution >= 0.6 is 0 Å². The number of hydrogen-bond donors (Lipinski definition) is 1. The van der Waals surface area contributed by atoms with Crippen LogP contribution in [0.2, 0.25) is 0 Å². The van der Waals surface area contributed by atoms with Crippen molar-refractivity contribution in [1.82, 2.24) is 19.7 Å². The fraction of sp³-hybridized carbons (Fsp3) is 0.652. The first kappa shape index (κ1) is 19.8. The van der Waals surface area contributed by atoms with Crippen LogP contribution in [-0.2, 0) is 4.74 Å². The van der Waals surface area contributed by atoms with E-state index in [-0.39, 0.29) is 6.10 Å². The van der Waals surface area contributed by atoms with Gasteiger partial charge < -0.3 is 15.2 Å². The van der Waals surface area contributed by atoms with E-state index in [0.29, 0.717) is 17.6 Å². The quantitative estimate of drug-likeness (QED) is 0.813. The summed E-state index contributed by atoms with van der Waals surface area (Å²) < 4.78 is 12.9. The molecule has 4 heterocycles. The minimum atomic E-state index is 0.0712. The molecule has 2 N–H and O–H groups in total. The number of rotatable bonds is 5. The number of aromatic nitrogens is 3. The Morgan fingerprint density at radius 1 is 1.17 bits per heavy atom. The van der Waals surface area contributed by atoms with Gasteiger partial charge in [-0.3, -0.25) is 9.58 Å². The van der Waals surface area contributed by atoms with Crippen LogP contribution in [-0.4, -0.2) is 58.1 Å². The zero-order valence-corrected chi connectivity index (χ0v) is 18.0. The molecule has 4 fully saturated rings. The van der Waals surface area contributed by atoms with Crippen LogP contribution in [0.25, 0.3) is 11.3 Å². The second-order valence-corrected chi connectivity index (χ2v) is 9.44. The minimum Gasteiger partial charge on any atom is -0.487 e. The average Bonchev–Trinajstić information content (AvgIpc) is 3.00. The van der Waals surface area contributed by atoms with Gasteiger partial charge in [-0.25, -0.2) is 4.98 Å². The largest absolute Gasteiger partial charge is 0.487 e. The molecule has 2 aliphatic carbocycles. The van der Waals surface area contributed by atoms with Crippen LogP contribution in [0.4, 0.5) is 5.82 Å². The predicted octanol–water partition coefficient (Wildman–Crippen LogP) is 3.38. The van der Waals surface area contributed by atoms with Gasteiger partial charge in [-0.15, -0.1) is 0 Å². The van der Waals surface area contributed by atoms with Gasteiger partial charge in [-0.2, -0.15) is 5.10 Å². The van der Waals surface area contributed by atoms with Crippen molar-refractivity contribution in [3.8, 4) is 17.0 Å². The lowest BCUT2D eigenvalue weighted by molar-refractivity contribution is -0.0605. The number of ether oxygens (including phenoxy) is 2. The van der Waals surface area contributed by atoms with Crippen LogP contribution < -0.4 is 10.5 Å². The smallest absolute Gasteiger partial charge is 0.166 e. The predicted molar refractivity (Wildman–Crippen MR) is 116 cm³/mol. The molecule has 4 aliphatic rings. The summed E-state index contributed by atoms with van der Waals surface area (Å²) in [5.41, 5.74) is 7.69. The lowest BCUT2D eigenvalue weighted by Gasteiger charge is -2.35. The van der Waals surface area contributed by atoms with Gasteiger partial charge in [0.15, 0.2) is 11.6 Å². The summed E-state index contributed by atoms with van der Waals surface area (Å²) in [7, 11) is 0. The molecule has 6 rings (SSSR count). The van der Waals surface area contributed by atoms with Crippen LogP contribution in [0.3, 0.4) is 0 Å². The SMILES string of the molecule is C1C2CN(C3COC3)CC12.CC(C)Oc1cc(-c2ccn(C3CCC3)n2)cnc1N. The molecule has 0 amide bonds. The van der Waals surface area contributed by atoms with Crippen molar-refractivity contribution in [2.24, 2.45) is 11.8 Å². The Labute approximate surface area is 178 Å². The molecule has 2 saturated heterocycles. The fourth-order valence-corrected chi connectivity index (χ4v) is 4.46. The molecule has 2 aromatic heterocycles. The Morgan fingerprint density at radius 2 is 1.93 bits per heavy atom. The van der Waals surface area contributed by atoms with Gasteiger partial charge in [0.05, 0.1) is 37.1 Å². The van der Waals surface area contributed by atoms with Gasteiger partial charge >= 0.3 is 0 Å². The van der Waals surface area contributed by atoms with E-state index in [9.17, 15) is 0 Å². The molecule has 2 aromatic rings. The van der Waals surface area contributed by atoms with Crippen molar-refractivity contribution >= 4 is 5.82 Å². The summed E-state index contributed by atoms with van der Waals surface area (Å²) in [6.07, 6.45) is 9.13. The number of piperidine rings is 1. The first-order valence-corrected chi connectivity index (χ1v) is 11.4. The number of anilines is 1. The molecular weight excluding hydrogens is 378 g/mol. The number of pyridine rings is 1. The standard InChI is InChI=1S/C15H20N4O.C8H13NO/c1-10(2)20-14-8-11(9-17-15(14)16)13-6-7-19(18-13)12-4-3-5-12;1-6-2-9(3-7(1)6)8-4-10-5-8/h6-10,12H,3-5H2,1-2H3,(H2,16,17);6-8H,1-5H2. The summed E-state index contributed by atoms with van der Waals surface area (Å²) >= 11 is 0. The second-order valence-electron chi connectivity index (χ2n) is 9.44. The Bertz CT molecular complexity index is 864. The summed E-state index contributed by atoms with van der Waals surface area (Å²) in [5.74, 6) is 3.21. The zero-order chi connectivity index (χ0) is 20.7. The maximum Gasteiger partial charge on any atom is 0.166 e. The van der Waals surface area contributed by atoms with Gasteiger partial charge in [0.25, 0.3) is 0 Å². The van der Waals surface area contributed by atoms with E-state index in [1.807, 2.05) is 32.2 Å². The van der Waals surface area contributed by atoms with Crippen LogP contribution in [0.5, 0.6) is 5.75 Å². The molecule has 2 unspecified atom stereocenters. The van der Waals surface area contributed by atoms with Crippen LogP contribution in [0.15, 0.2) is 24.5 Å². The molecular formula is C23H33N5O2. The summed E-state index contributed by atoms with van der Waals surface area (Å²) in [6.45, 7) is 8.69. The van der Waals surface area contributed by atoms with Gasteiger partial charge in [0.2, 0.25) is 0 Å². The van der Waals surface area contributed by atoms with E-state index in [2.05, 4.69) is 19.7 Å². The number of fused-ring (bicyclic) bond motifs is 1. The Balaban J connectivity index is 0.000000159. The van der Waals surface area contributed by atoms with Crippen molar-refractivity contribution in [1.29, 1.82) is 0 Å². The topological polar surface area (TPSA) is 78.4 Å². The maximum atomic E-state index is 5.84. The molecule has 162 valence electrons. The molecule has 30 heavy (non-hydrogen) atoms. The van der Waals surface area contributed by atoms with Crippen molar-refractivity contribution in [3.05, 3.63) is 24.5 Å². The molecule has 2 aliphatic heterocycles. The number of hydrogen-bond acceptors (Lipinski definition) is 6. The van der Waals surface area contributed by atoms with E-state index in [1.54, 1.807) is 6.20 Å². The zero-order valence-electron chi connectivity index (χ0n) is 18.0. The van der Waals surface area contributed by atoms with Crippen molar-refractivity contribution in [2.45, 2.75) is 57.7 Å². The van der Waals surface area contributed by atoms with E-state index < -0.39 is 0 Å². The number of nitrogens with zero attached hydrogens (tertiary/aromatic N) is 4. The fourth-order valence-electron chi connectivity index (χ4n) is 4.46. The molecule has 7 nitrogen and oxygen atoms in total. The summed E-state index contributed by atoms with van der Waals surface area (Å²) in [5, 5.41) is 4.63. The minimum absolute atomic E-state index is 0.0712. The summed E-state index contributed by atoms with van der Waals surface area (Å²) in [6, 6.07) is 5.30. The lowest BCUT2D eigenvalue weighted by atomic mass is 9.93. The normalized spacial score (nSPS) is 25.8. The highest BCUT2D eigenvalue weighted by Gasteiger charge is 2.47. The average molecular weight is 412 g/mol. The van der Waals surface area contributed by atoms with Crippen LogP contribution in [0.1, 0.15) is 45.6 Å².